The van der Waals surface area contributed by atoms with Crippen molar-refractivity contribution in [1.29, 1.82) is 0 Å². The molecule has 0 aliphatic carbocycles. The van der Waals surface area contributed by atoms with Gasteiger partial charge in [-0.2, -0.15) is 0 Å². The van der Waals surface area contributed by atoms with E-state index in [-0.39, 0.29) is 23.8 Å². The highest BCUT2D eigenvalue weighted by molar-refractivity contribution is 6.04. The summed E-state index contributed by atoms with van der Waals surface area (Å²) in [5, 5.41) is 2.87. The van der Waals surface area contributed by atoms with Crippen molar-refractivity contribution in [1.82, 2.24) is 10.2 Å². The van der Waals surface area contributed by atoms with E-state index in [4.69, 9.17) is 0 Å². The molecule has 1 unspecified atom stereocenters. The van der Waals surface area contributed by atoms with Crippen molar-refractivity contribution in [3.05, 3.63) is 65.0 Å². The summed E-state index contributed by atoms with van der Waals surface area (Å²) >= 11 is 0. The zero-order valence-electron chi connectivity index (χ0n) is 16.0. The van der Waals surface area contributed by atoms with Crippen LogP contribution in [0.2, 0.25) is 0 Å². The number of nitrogens with one attached hydrogen (secondary N) is 1. The quantitative estimate of drug-likeness (QED) is 0.881. The lowest BCUT2D eigenvalue weighted by Crippen LogP contribution is -2.57. The highest BCUT2D eigenvalue weighted by Crippen LogP contribution is 2.35. The van der Waals surface area contributed by atoms with E-state index in [0.29, 0.717) is 17.7 Å². The molecule has 4 rings (SSSR count). The second kappa shape index (κ2) is 7.62. The van der Waals surface area contributed by atoms with Gasteiger partial charge in [0.2, 0.25) is 0 Å². The van der Waals surface area contributed by atoms with Crippen molar-refractivity contribution in [2.24, 2.45) is 0 Å². The summed E-state index contributed by atoms with van der Waals surface area (Å²) < 4.78 is 13.0. The molecule has 0 aromatic heterocycles. The molecular weight excluding hydrogens is 357 g/mol. The summed E-state index contributed by atoms with van der Waals surface area (Å²) in [6.07, 6.45) is 3.19. The minimum atomic E-state index is -0.300. The average molecular weight is 381 g/mol. The number of anilines is 1. The standard InChI is InChI=1S/C22H24FN3O2/c1-2-25-19-13-16(21(27)24-14-15-6-9-17(23)10-7-15)8-11-18(19)22(28)26-12-4-3-5-20(25)26/h6-11,13,20H,2-5,12,14H2,1H3,(H,24,27). The Morgan fingerprint density at radius 1 is 1.18 bits per heavy atom. The average Bonchev–Trinajstić information content (AvgIpc) is 2.73. The maximum absolute atomic E-state index is 13.0. The highest BCUT2D eigenvalue weighted by atomic mass is 19.1. The lowest BCUT2D eigenvalue weighted by molar-refractivity contribution is 0.0582. The molecular formula is C22H24FN3O2. The Bertz CT molecular complexity index is 897. The van der Waals surface area contributed by atoms with Crippen LogP contribution in [0.15, 0.2) is 42.5 Å². The van der Waals surface area contributed by atoms with Crippen LogP contribution in [0.3, 0.4) is 0 Å². The third-order valence-electron chi connectivity index (χ3n) is 5.60. The zero-order chi connectivity index (χ0) is 19.7. The molecule has 2 aliphatic rings. The summed E-state index contributed by atoms with van der Waals surface area (Å²) in [4.78, 5) is 29.7. The summed E-state index contributed by atoms with van der Waals surface area (Å²) in [6.45, 7) is 3.97. The van der Waals surface area contributed by atoms with Gasteiger partial charge in [-0.1, -0.05) is 12.1 Å². The van der Waals surface area contributed by atoms with Gasteiger partial charge in [0.05, 0.1) is 11.3 Å². The van der Waals surface area contributed by atoms with E-state index in [0.717, 1.165) is 43.6 Å². The van der Waals surface area contributed by atoms with Crippen LogP contribution in [0, 0.1) is 5.82 Å². The van der Waals surface area contributed by atoms with Gasteiger partial charge in [-0.25, -0.2) is 4.39 Å². The number of carbonyl (C=O) groups excluding carboxylic acids is 2. The van der Waals surface area contributed by atoms with Crippen molar-refractivity contribution in [2.45, 2.75) is 38.9 Å². The minimum absolute atomic E-state index is 0.0580. The first-order chi connectivity index (χ1) is 13.6. The van der Waals surface area contributed by atoms with Crippen molar-refractivity contribution >= 4 is 17.5 Å². The molecule has 0 bridgehead atoms. The molecule has 2 aliphatic heterocycles. The Labute approximate surface area is 164 Å². The van der Waals surface area contributed by atoms with Gasteiger partial charge >= 0.3 is 0 Å². The van der Waals surface area contributed by atoms with Gasteiger partial charge in [0, 0.05) is 25.2 Å². The van der Waals surface area contributed by atoms with Gasteiger partial charge in [-0.15, -0.1) is 0 Å². The van der Waals surface area contributed by atoms with Crippen LogP contribution in [0.25, 0.3) is 0 Å². The maximum atomic E-state index is 13.0. The SMILES string of the molecule is CCN1c2cc(C(=O)NCc3ccc(F)cc3)ccc2C(=O)N2CCCCC21. The first kappa shape index (κ1) is 18.5. The van der Waals surface area contributed by atoms with E-state index in [9.17, 15) is 14.0 Å². The lowest BCUT2D eigenvalue weighted by atomic mass is 9.97. The number of amides is 2. The first-order valence-corrected chi connectivity index (χ1v) is 9.83. The molecule has 5 nitrogen and oxygen atoms in total. The number of benzene rings is 2. The molecule has 0 saturated carbocycles. The molecule has 6 heteroatoms. The molecule has 1 fully saturated rings. The van der Waals surface area contributed by atoms with Gasteiger partial charge in [0.15, 0.2) is 0 Å². The Hall–Kier alpha value is -2.89. The van der Waals surface area contributed by atoms with E-state index in [2.05, 4.69) is 17.1 Å². The largest absolute Gasteiger partial charge is 0.351 e. The molecule has 2 heterocycles. The summed E-state index contributed by atoms with van der Waals surface area (Å²) in [6, 6.07) is 11.3. The summed E-state index contributed by atoms with van der Waals surface area (Å²) in [7, 11) is 0. The molecule has 28 heavy (non-hydrogen) atoms. The van der Waals surface area contributed by atoms with Gasteiger partial charge in [0.25, 0.3) is 11.8 Å². The smallest absolute Gasteiger partial charge is 0.257 e. The molecule has 2 aromatic rings. The van der Waals surface area contributed by atoms with Crippen LogP contribution in [0.5, 0.6) is 0 Å². The molecule has 1 N–H and O–H groups in total. The normalized spacial score (nSPS) is 18.5. The number of hydrogen-bond donors (Lipinski definition) is 1. The number of nitrogens with zero attached hydrogens (tertiary/aromatic N) is 2. The molecule has 0 spiro atoms. The number of hydrogen-bond acceptors (Lipinski definition) is 3. The second-order valence-corrected chi connectivity index (χ2v) is 7.30. The first-order valence-electron chi connectivity index (χ1n) is 9.83. The van der Waals surface area contributed by atoms with Crippen molar-refractivity contribution in [2.75, 3.05) is 18.0 Å². The maximum Gasteiger partial charge on any atom is 0.257 e. The predicted octanol–water partition coefficient (Wildman–Crippen LogP) is 3.55. The van der Waals surface area contributed by atoms with Crippen LogP contribution in [0.4, 0.5) is 10.1 Å². The molecule has 0 radical (unpaired) electrons. The van der Waals surface area contributed by atoms with Crippen LogP contribution < -0.4 is 10.2 Å². The number of fused-ring (bicyclic) bond motifs is 2. The monoisotopic (exact) mass is 381 g/mol. The highest BCUT2D eigenvalue weighted by Gasteiger charge is 2.38. The van der Waals surface area contributed by atoms with E-state index in [1.54, 1.807) is 24.3 Å². The fraction of sp³-hybridized carbons (Fsp3) is 0.364. The predicted molar refractivity (Wildman–Crippen MR) is 106 cm³/mol. The Kier molecular flexibility index (Phi) is 5.03. The molecule has 146 valence electrons. The summed E-state index contributed by atoms with van der Waals surface area (Å²) in [5.74, 6) is -0.449. The topological polar surface area (TPSA) is 52.7 Å². The van der Waals surface area contributed by atoms with Gasteiger partial charge < -0.3 is 15.1 Å². The van der Waals surface area contributed by atoms with Gasteiger partial charge in [-0.05, 0) is 62.1 Å². The molecule has 2 amide bonds. The Morgan fingerprint density at radius 2 is 1.96 bits per heavy atom. The third kappa shape index (κ3) is 3.35. The fourth-order valence-corrected chi connectivity index (χ4v) is 4.15. The Balaban J connectivity index is 1.56. The molecule has 1 saturated heterocycles. The minimum Gasteiger partial charge on any atom is -0.351 e. The van der Waals surface area contributed by atoms with E-state index < -0.39 is 0 Å². The van der Waals surface area contributed by atoms with Crippen LogP contribution >= 0.6 is 0 Å². The van der Waals surface area contributed by atoms with Crippen LogP contribution in [0.1, 0.15) is 52.5 Å². The van der Waals surface area contributed by atoms with Crippen molar-refractivity contribution < 1.29 is 14.0 Å². The fourth-order valence-electron chi connectivity index (χ4n) is 4.15. The molecule has 1 atom stereocenters. The van der Waals surface area contributed by atoms with Crippen LogP contribution in [-0.4, -0.2) is 36.0 Å². The lowest BCUT2D eigenvalue weighted by Gasteiger charge is -2.47. The van der Waals surface area contributed by atoms with E-state index in [1.807, 2.05) is 11.0 Å². The number of carbonyl (C=O) groups is 2. The van der Waals surface area contributed by atoms with E-state index in [1.165, 1.54) is 12.1 Å². The Morgan fingerprint density at radius 3 is 2.71 bits per heavy atom. The van der Waals surface area contributed by atoms with E-state index >= 15 is 0 Å². The number of piperidine rings is 1. The molecule has 2 aromatic carbocycles. The van der Waals surface area contributed by atoms with Crippen molar-refractivity contribution in [3.8, 4) is 0 Å². The summed E-state index contributed by atoms with van der Waals surface area (Å²) in [5.41, 5.74) is 2.85. The van der Waals surface area contributed by atoms with Crippen molar-refractivity contribution in [3.63, 3.8) is 0 Å². The van der Waals surface area contributed by atoms with Crippen LogP contribution in [-0.2, 0) is 6.54 Å². The number of rotatable bonds is 4. The number of halogens is 1. The third-order valence-corrected chi connectivity index (χ3v) is 5.60. The van der Waals surface area contributed by atoms with Gasteiger partial charge in [0.1, 0.15) is 12.0 Å². The zero-order valence-corrected chi connectivity index (χ0v) is 16.0. The second-order valence-electron chi connectivity index (χ2n) is 7.30. The van der Waals surface area contributed by atoms with Gasteiger partial charge in [-0.3, -0.25) is 9.59 Å².